The molecule has 19 heavy (non-hydrogen) atoms. The summed E-state index contributed by atoms with van der Waals surface area (Å²) in [4.78, 5) is 23.3. The standard InChI is InChI=1S/C16H30O3/c1-4-6-8-9-10-11-12-15(14(3)17)16(18)19-13-7-5-2/h15H,4-13H2,1-3H3. The summed E-state index contributed by atoms with van der Waals surface area (Å²) >= 11 is 0. The maximum Gasteiger partial charge on any atom is 0.316 e. The third-order valence-corrected chi connectivity index (χ3v) is 3.36. The molecule has 0 rings (SSSR count). The fourth-order valence-electron chi connectivity index (χ4n) is 2.03. The number of carbonyl (C=O) groups excluding carboxylic acids is 2. The molecule has 0 aliphatic rings. The zero-order valence-corrected chi connectivity index (χ0v) is 12.9. The number of ether oxygens (including phenoxy) is 1. The number of carbonyl (C=O) groups is 2. The van der Waals surface area contributed by atoms with Crippen LogP contribution in [0.25, 0.3) is 0 Å². The molecule has 0 saturated heterocycles. The molecule has 0 aromatic heterocycles. The van der Waals surface area contributed by atoms with Crippen molar-refractivity contribution in [2.75, 3.05) is 6.61 Å². The van der Waals surface area contributed by atoms with E-state index in [-0.39, 0.29) is 11.8 Å². The molecule has 0 spiro atoms. The van der Waals surface area contributed by atoms with Crippen LogP contribution in [-0.4, -0.2) is 18.4 Å². The van der Waals surface area contributed by atoms with Gasteiger partial charge in [-0.15, -0.1) is 0 Å². The van der Waals surface area contributed by atoms with Crippen LogP contribution in [0.3, 0.4) is 0 Å². The third-order valence-electron chi connectivity index (χ3n) is 3.36. The normalized spacial score (nSPS) is 12.2. The Balaban J connectivity index is 3.85. The largest absolute Gasteiger partial charge is 0.465 e. The first-order valence-corrected chi connectivity index (χ1v) is 7.80. The highest BCUT2D eigenvalue weighted by Crippen LogP contribution is 2.15. The van der Waals surface area contributed by atoms with Gasteiger partial charge in [0.15, 0.2) is 0 Å². The number of hydrogen-bond acceptors (Lipinski definition) is 3. The van der Waals surface area contributed by atoms with Gasteiger partial charge in [-0.1, -0.05) is 58.8 Å². The van der Waals surface area contributed by atoms with Crippen LogP contribution in [0.2, 0.25) is 0 Å². The molecule has 1 unspecified atom stereocenters. The maximum absolute atomic E-state index is 11.8. The van der Waals surface area contributed by atoms with Crippen LogP contribution in [0.1, 0.15) is 78.6 Å². The second-order valence-corrected chi connectivity index (χ2v) is 5.24. The van der Waals surface area contributed by atoms with Crippen molar-refractivity contribution in [1.29, 1.82) is 0 Å². The number of ketones is 1. The minimum atomic E-state index is -0.539. The van der Waals surface area contributed by atoms with E-state index in [4.69, 9.17) is 4.74 Å². The number of hydrogen-bond donors (Lipinski definition) is 0. The topological polar surface area (TPSA) is 43.4 Å². The molecule has 0 bridgehead atoms. The molecule has 0 aromatic carbocycles. The van der Waals surface area contributed by atoms with Gasteiger partial charge in [0.25, 0.3) is 0 Å². The van der Waals surface area contributed by atoms with Crippen LogP contribution in [0.5, 0.6) is 0 Å². The number of unbranched alkanes of at least 4 members (excludes halogenated alkanes) is 6. The first-order valence-electron chi connectivity index (χ1n) is 7.80. The first-order chi connectivity index (χ1) is 9.13. The molecule has 0 saturated carbocycles. The molecule has 112 valence electrons. The van der Waals surface area contributed by atoms with Crippen molar-refractivity contribution in [3.05, 3.63) is 0 Å². The van der Waals surface area contributed by atoms with E-state index in [0.717, 1.165) is 25.7 Å². The Kier molecular flexibility index (Phi) is 11.6. The summed E-state index contributed by atoms with van der Waals surface area (Å²) in [6, 6.07) is 0. The van der Waals surface area contributed by atoms with Crippen molar-refractivity contribution < 1.29 is 14.3 Å². The monoisotopic (exact) mass is 270 g/mol. The Morgan fingerprint density at radius 1 is 0.895 bits per heavy atom. The lowest BCUT2D eigenvalue weighted by molar-refractivity contribution is -0.152. The summed E-state index contributed by atoms with van der Waals surface area (Å²) in [7, 11) is 0. The maximum atomic E-state index is 11.8. The average molecular weight is 270 g/mol. The van der Waals surface area contributed by atoms with Crippen molar-refractivity contribution in [3.8, 4) is 0 Å². The van der Waals surface area contributed by atoms with Crippen LogP contribution < -0.4 is 0 Å². The summed E-state index contributed by atoms with van der Waals surface area (Å²) in [5.74, 6) is -0.924. The molecule has 0 radical (unpaired) electrons. The summed E-state index contributed by atoms with van der Waals surface area (Å²) in [5.41, 5.74) is 0. The minimum Gasteiger partial charge on any atom is -0.465 e. The molecule has 1 atom stereocenters. The van der Waals surface area contributed by atoms with Crippen molar-refractivity contribution >= 4 is 11.8 Å². The van der Waals surface area contributed by atoms with Gasteiger partial charge in [-0.2, -0.15) is 0 Å². The van der Waals surface area contributed by atoms with Crippen LogP contribution in [-0.2, 0) is 14.3 Å². The van der Waals surface area contributed by atoms with E-state index >= 15 is 0 Å². The van der Waals surface area contributed by atoms with Crippen molar-refractivity contribution in [2.45, 2.75) is 78.6 Å². The average Bonchev–Trinajstić information content (AvgIpc) is 2.37. The van der Waals surface area contributed by atoms with Crippen LogP contribution in [0.4, 0.5) is 0 Å². The Labute approximate surface area is 118 Å². The van der Waals surface area contributed by atoms with Gasteiger partial charge in [0.2, 0.25) is 0 Å². The molecular weight excluding hydrogens is 240 g/mol. The Hall–Kier alpha value is -0.860. The molecule has 0 fully saturated rings. The van der Waals surface area contributed by atoms with E-state index in [1.54, 1.807) is 0 Å². The van der Waals surface area contributed by atoms with Crippen LogP contribution in [0.15, 0.2) is 0 Å². The van der Waals surface area contributed by atoms with E-state index in [0.29, 0.717) is 13.0 Å². The van der Waals surface area contributed by atoms with E-state index in [1.807, 2.05) is 6.92 Å². The fraction of sp³-hybridized carbons (Fsp3) is 0.875. The number of Topliss-reactive ketones (excluding diaryl/α,β-unsaturated/α-hetero) is 1. The Morgan fingerprint density at radius 3 is 2.05 bits per heavy atom. The summed E-state index contributed by atoms with van der Waals surface area (Å²) < 4.78 is 5.14. The van der Waals surface area contributed by atoms with E-state index in [2.05, 4.69) is 6.92 Å². The first kappa shape index (κ1) is 18.1. The Bertz CT molecular complexity index is 248. The Morgan fingerprint density at radius 2 is 1.47 bits per heavy atom. The molecule has 3 nitrogen and oxygen atoms in total. The van der Waals surface area contributed by atoms with Gasteiger partial charge in [-0.3, -0.25) is 9.59 Å². The van der Waals surface area contributed by atoms with Gasteiger partial charge >= 0.3 is 5.97 Å². The van der Waals surface area contributed by atoms with Gasteiger partial charge < -0.3 is 4.74 Å². The SMILES string of the molecule is CCCCCCCCC(C(C)=O)C(=O)OCCCC. The van der Waals surface area contributed by atoms with E-state index in [1.165, 1.54) is 32.6 Å². The van der Waals surface area contributed by atoms with Crippen molar-refractivity contribution in [2.24, 2.45) is 5.92 Å². The van der Waals surface area contributed by atoms with Gasteiger partial charge in [0.05, 0.1) is 6.61 Å². The molecule has 0 aliphatic heterocycles. The molecule has 3 heteroatoms. The minimum absolute atomic E-state index is 0.0601. The molecule has 0 amide bonds. The predicted molar refractivity (Wildman–Crippen MR) is 78.0 cm³/mol. The lowest BCUT2D eigenvalue weighted by Crippen LogP contribution is -2.24. The molecular formula is C16H30O3. The highest BCUT2D eigenvalue weighted by Gasteiger charge is 2.23. The summed E-state index contributed by atoms with van der Waals surface area (Å²) in [5, 5.41) is 0. The van der Waals surface area contributed by atoms with Gasteiger partial charge in [0, 0.05) is 0 Å². The van der Waals surface area contributed by atoms with Crippen molar-refractivity contribution in [3.63, 3.8) is 0 Å². The molecule has 0 heterocycles. The molecule has 0 N–H and O–H groups in total. The smallest absolute Gasteiger partial charge is 0.316 e. The van der Waals surface area contributed by atoms with Gasteiger partial charge in [-0.25, -0.2) is 0 Å². The van der Waals surface area contributed by atoms with Gasteiger partial charge in [0.1, 0.15) is 11.7 Å². The highest BCUT2D eigenvalue weighted by molar-refractivity contribution is 5.97. The number of esters is 1. The lowest BCUT2D eigenvalue weighted by Gasteiger charge is -2.13. The predicted octanol–water partition coefficient (Wildman–Crippen LogP) is 4.29. The summed E-state index contributed by atoms with van der Waals surface area (Å²) in [6.07, 6.45) is 9.51. The number of rotatable bonds is 12. The van der Waals surface area contributed by atoms with Crippen LogP contribution >= 0.6 is 0 Å². The second-order valence-electron chi connectivity index (χ2n) is 5.24. The highest BCUT2D eigenvalue weighted by atomic mass is 16.5. The quantitative estimate of drug-likeness (QED) is 0.302. The zero-order valence-electron chi connectivity index (χ0n) is 12.9. The van der Waals surface area contributed by atoms with E-state index in [9.17, 15) is 9.59 Å². The zero-order chi connectivity index (χ0) is 14.5. The fourth-order valence-corrected chi connectivity index (χ4v) is 2.03. The van der Waals surface area contributed by atoms with Crippen molar-refractivity contribution in [1.82, 2.24) is 0 Å². The molecule has 0 aliphatic carbocycles. The van der Waals surface area contributed by atoms with Gasteiger partial charge in [-0.05, 0) is 19.8 Å². The third kappa shape index (κ3) is 9.69. The second kappa shape index (κ2) is 12.2. The summed E-state index contributed by atoms with van der Waals surface area (Å²) in [6.45, 7) is 6.17. The lowest BCUT2D eigenvalue weighted by atomic mass is 9.97. The molecule has 0 aromatic rings. The van der Waals surface area contributed by atoms with E-state index < -0.39 is 5.92 Å². The van der Waals surface area contributed by atoms with Crippen LogP contribution in [0, 0.1) is 5.92 Å².